The zero-order valence-corrected chi connectivity index (χ0v) is 6.93. The van der Waals surface area contributed by atoms with Gasteiger partial charge in [-0.15, -0.1) is 0 Å². The summed E-state index contributed by atoms with van der Waals surface area (Å²) >= 11 is 0. The summed E-state index contributed by atoms with van der Waals surface area (Å²) in [6.45, 7) is 1.35. The topological polar surface area (TPSA) is 63.9 Å². The van der Waals surface area contributed by atoms with Crippen molar-refractivity contribution >= 4 is 0 Å². The molecule has 70 valence electrons. The Labute approximate surface area is 71.4 Å². The van der Waals surface area contributed by atoms with Gasteiger partial charge < -0.3 is 15.3 Å². The molecule has 2 heterocycles. The van der Waals surface area contributed by atoms with E-state index in [4.69, 9.17) is 0 Å². The third kappa shape index (κ3) is 1.25. The second-order valence-corrected chi connectivity index (χ2v) is 3.80. The van der Waals surface area contributed by atoms with Gasteiger partial charge in [0.25, 0.3) is 0 Å². The fourth-order valence-corrected chi connectivity index (χ4v) is 2.21. The van der Waals surface area contributed by atoms with E-state index in [1.165, 1.54) is 0 Å². The second kappa shape index (κ2) is 2.96. The van der Waals surface area contributed by atoms with Crippen LogP contribution in [0.3, 0.4) is 0 Å². The predicted molar refractivity (Wildman–Crippen MR) is 42.6 cm³/mol. The molecule has 4 unspecified atom stereocenters. The summed E-state index contributed by atoms with van der Waals surface area (Å²) < 4.78 is 0. The zero-order valence-electron chi connectivity index (χ0n) is 6.93. The van der Waals surface area contributed by atoms with Crippen molar-refractivity contribution in [2.45, 2.75) is 37.2 Å². The minimum absolute atomic E-state index is 0.0243. The SMILES string of the molecule is OC1CCN2CC(O)C(O)C2C1. The Kier molecular flexibility index (Phi) is 2.08. The maximum Gasteiger partial charge on any atom is 0.0967 e. The van der Waals surface area contributed by atoms with Crippen LogP contribution in [0.4, 0.5) is 0 Å². The van der Waals surface area contributed by atoms with Crippen LogP contribution < -0.4 is 0 Å². The summed E-state index contributed by atoms with van der Waals surface area (Å²) in [6.07, 6.45) is -0.236. The van der Waals surface area contributed by atoms with Crippen LogP contribution in [0.5, 0.6) is 0 Å². The van der Waals surface area contributed by atoms with Crippen molar-refractivity contribution in [3.05, 3.63) is 0 Å². The third-order valence-corrected chi connectivity index (χ3v) is 2.94. The first-order chi connectivity index (χ1) is 5.68. The van der Waals surface area contributed by atoms with Crippen molar-refractivity contribution in [3.63, 3.8) is 0 Å². The van der Waals surface area contributed by atoms with Crippen molar-refractivity contribution in [2.24, 2.45) is 0 Å². The lowest BCUT2D eigenvalue weighted by Gasteiger charge is -2.33. The average Bonchev–Trinajstić information content (AvgIpc) is 2.31. The number of aliphatic hydroxyl groups excluding tert-OH is 3. The van der Waals surface area contributed by atoms with Crippen molar-refractivity contribution in [1.82, 2.24) is 4.90 Å². The standard InChI is InChI=1S/C8H15NO3/c10-5-1-2-9-4-7(11)8(12)6(9)3-5/h5-8,10-12H,1-4H2. The Morgan fingerprint density at radius 3 is 2.67 bits per heavy atom. The average molecular weight is 173 g/mol. The summed E-state index contributed by atoms with van der Waals surface area (Å²) in [6, 6.07) is -0.0243. The van der Waals surface area contributed by atoms with Gasteiger partial charge in [-0.3, -0.25) is 4.90 Å². The van der Waals surface area contributed by atoms with Gasteiger partial charge in [0.05, 0.1) is 18.3 Å². The fourth-order valence-electron chi connectivity index (χ4n) is 2.21. The van der Waals surface area contributed by atoms with Gasteiger partial charge in [0, 0.05) is 19.1 Å². The molecule has 4 nitrogen and oxygen atoms in total. The highest BCUT2D eigenvalue weighted by Gasteiger charge is 2.42. The Morgan fingerprint density at radius 2 is 1.92 bits per heavy atom. The van der Waals surface area contributed by atoms with Crippen molar-refractivity contribution in [3.8, 4) is 0 Å². The molecule has 12 heavy (non-hydrogen) atoms. The summed E-state index contributed by atoms with van der Waals surface area (Å²) in [5, 5.41) is 28.2. The Morgan fingerprint density at radius 1 is 1.17 bits per heavy atom. The number of piperidine rings is 1. The summed E-state index contributed by atoms with van der Waals surface area (Å²) in [7, 11) is 0. The Hall–Kier alpha value is -0.160. The molecule has 0 bridgehead atoms. The van der Waals surface area contributed by atoms with Gasteiger partial charge in [0.2, 0.25) is 0 Å². The third-order valence-electron chi connectivity index (χ3n) is 2.94. The van der Waals surface area contributed by atoms with Gasteiger partial charge in [0.15, 0.2) is 0 Å². The van der Waals surface area contributed by atoms with E-state index in [1.54, 1.807) is 0 Å². The number of nitrogens with zero attached hydrogens (tertiary/aromatic N) is 1. The molecule has 0 aliphatic carbocycles. The van der Waals surface area contributed by atoms with Gasteiger partial charge in [-0.2, -0.15) is 0 Å². The molecular weight excluding hydrogens is 158 g/mol. The Bertz CT molecular complexity index is 176. The van der Waals surface area contributed by atoms with E-state index in [0.717, 1.165) is 13.0 Å². The predicted octanol–water partition coefficient (Wildman–Crippen LogP) is -1.45. The number of rotatable bonds is 0. The lowest BCUT2D eigenvalue weighted by atomic mass is 9.98. The van der Waals surface area contributed by atoms with Crippen molar-refractivity contribution in [1.29, 1.82) is 0 Å². The number of hydrogen-bond donors (Lipinski definition) is 3. The Balaban J connectivity index is 2.05. The molecule has 0 aromatic carbocycles. The molecule has 2 saturated heterocycles. The van der Waals surface area contributed by atoms with Crippen molar-refractivity contribution in [2.75, 3.05) is 13.1 Å². The van der Waals surface area contributed by atoms with Gasteiger partial charge >= 0.3 is 0 Å². The van der Waals surface area contributed by atoms with E-state index in [2.05, 4.69) is 4.90 Å². The van der Waals surface area contributed by atoms with Crippen LogP contribution in [0.2, 0.25) is 0 Å². The normalized spacial score (nSPS) is 49.2. The van der Waals surface area contributed by atoms with E-state index >= 15 is 0 Å². The smallest absolute Gasteiger partial charge is 0.0967 e. The summed E-state index contributed by atoms with van der Waals surface area (Å²) in [5.74, 6) is 0. The first-order valence-electron chi connectivity index (χ1n) is 4.46. The molecule has 0 saturated carbocycles. The van der Waals surface area contributed by atoms with Crippen LogP contribution in [-0.4, -0.2) is 57.7 Å². The zero-order chi connectivity index (χ0) is 8.72. The van der Waals surface area contributed by atoms with Gasteiger partial charge in [-0.25, -0.2) is 0 Å². The monoisotopic (exact) mass is 173 g/mol. The van der Waals surface area contributed by atoms with Crippen molar-refractivity contribution < 1.29 is 15.3 Å². The molecule has 4 atom stereocenters. The second-order valence-electron chi connectivity index (χ2n) is 3.80. The van der Waals surface area contributed by atoms with E-state index in [1.807, 2.05) is 0 Å². The quantitative estimate of drug-likeness (QED) is 0.419. The van der Waals surface area contributed by atoms with Gasteiger partial charge in [-0.1, -0.05) is 0 Å². The number of hydrogen-bond acceptors (Lipinski definition) is 4. The van der Waals surface area contributed by atoms with Gasteiger partial charge in [0.1, 0.15) is 0 Å². The van der Waals surface area contributed by atoms with Gasteiger partial charge in [-0.05, 0) is 12.8 Å². The largest absolute Gasteiger partial charge is 0.393 e. The molecule has 0 amide bonds. The molecular formula is C8H15NO3. The molecule has 2 rings (SSSR count). The van der Waals surface area contributed by atoms with Crippen LogP contribution in [0, 0.1) is 0 Å². The van der Waals surface area contributed by atoms with E-state index in [0.29, 0.717) is 13.0 Å². The first kappa shape index (κ1) is 8.44. The lowest BCUT2D eigenvalue weighted by molar-refractivity contribution is 0.00403. The number of fused-ring (bicyclic) bond motifs is 1. The van der Waals surface area contributed by atoms with Crippen LogP contribution in [0.25, 0.3) is 0 Å². The highest BCUT2D eigenvalue weighted by Crippen LogP contribution is 2.27. The van der Waals surface area contributed by atoms with Crippen LogP contribution >= 0.6 is 0 Å². The molecule has 0 aromatic rings. The number of aliphatic hydroxyl groups is 3. The minimum Gasteiger partial charge on any atom is -0.393 e. The fraction of sp³-hybridized carbons (Fsp3) is 1.00. The highest BCUT2D eigenvalue weighted by atomic mass is 16.3. The van der Waals surface area contributed by atoms with E-state index in [-0.39, 0.29) is 12.1 Å². The highest BCUT2D eigenvalue weighted by molar-refractivity contribution is 4.97. The minimum atomic E-state index is -0.667. The maximum atomic E-state index is 9.51. The summed E-state index contributed by atoms with van der Waals surface area (Å²) in [5.41, 5.74) is 0. The molecule has 2 aliphatic rings. The molecule has 3 N–H and O–H groups in total. The van der Waals surface area contributed by atoms with Crippen LogP contribution in [-0.2, 0) is 0 Å². The van der Waals surface area contributed by atoms with E-state index < -0.39 is 12.2 Å². The molecule has 0 aromatic heterocycles. The first-order valence-corrected chi connectivity index (χ1v) is 4.46. The maximum absolute atomic E-state index is 9.51. The molecule has 2 fully saturated rings. The molecule has 4 heteroatoms. The van der Waals surface area contributed by atoms with E-state index in [9.17, 15) is 15.3 Å². The molecule has 0 radical (unpaired) electrons. The molecule has 2 aliphatic heterocycles. The summed E-state index contributed by atoms with van der Waals surface area (Å²) in [4.78, 5) is 2.06. The lowest BCUT2D eigenvalue weighted by Crippen LogP contribution is -2.44. The van der Waals surface area contributed by atoms with Crippen LogP contribution in [0.1, 0.15) is 12.8 Å². The molecule has 0 spiro atoms. The van der Waals surface area contributed by atoms with Crippen LogP contribution in [0.15, 0.2) is 0 Å².